The summed E-state index contributed by atoms with van der Waals surface area (Å²) in [7, 11) is 0. The van der Waals surface area contributed by atoms with Crippen molar-refractivity contribution in [3.05, 3.63) is 75.9 Å². The van der Waals surface area contributed by atoms with Crippen LogP contribution in [0.5, 0.6) is 0 Å². The number of nitrogens with one attached hydrogen (secondary N) is 4. The minimum absolute atomic E-state index is 0.0967. The molecule has 0 radical (unpaired) electrons. The highest BCUT2D eigenvalue weighted by atomic mass is 16.4. The summed E-state index contributed by atoms with van der Waals surface area (Å²) in [5.41, 5.74) is 4.91. The van der Waals surface area contributed by atoms with E-state index in [1.165, 1.54) is 0 Å². The molecular formula is C22H18N6O3. The maximum atomic E-state index is 12.1. The Bertz CT molecular complexity index is 1400. The number of amides is 1. The molecule has 0 fully saturated rings. The number of carbonyl (C=O) groups excluding carboxylic acids is 1. The fraction of sp³-hybridized carbons (Fsp3) is 0.0909. The average molecular weight is 414 g/mol. The van der Waals surface area contributed by atoms with Gasteiger partial charge >= 0.3 is 5.76 Å². The molecule has 0 saturated carbocycles. The molecule has 9 heteroatoms. The van der Waals surface area contributed by atoms with Crippen LogP contribution in [0.2, 0.25) is 0 Å². The van der Waals surface area contributed by atoms with Crippen LogP contribution < -0.4 is 21.7 Å². The Labute approximate surface area is 176 Å². The van der Waals surface area contributed by atoms with Gasteiger partial charge in [-0.2, -0.15) is 4.98 Å². The van der Waals surface area contributed by atoms with Crippen molar-refractivity contribution in [2.45, 2.75) is 6.92 Å². The Hall–Kier alpha value is -4.40. The maximum absolute atomic E-state index is 12.1. The van der Waals surface area contributed by atoms with E-state index in [0.717, 1.165) is 22.5 Å². The number of benzene rings is 2. The first kappa shape index (κ1) is 18.6. The molecule has 0 unspecified atom stereocenters. The number of nitrogens with zero attached hydrogens (tertiary/aromatic N) is 2. The molecule has 1 amide bonds. The van der Waals surface area contributed by atoms with Gasteiger partial charge in [0.1, 0.15) is 5.82 Å². The van der Waals surface area contributed by atoms with Crippen LogP contribution in [0, 0.1) is 6.92 Å². The van der Waals surface area contributed by atoms with E-state index in [2.05, 4.69) is 30.9 Å². The van der Waals surface area contributed by atoms with E-state index >= 15 is 0 Å². The third kappa shape index (κ3) is 3.76. The van der Waals surface area contributed by atoms with E-state index < -0.39 is 5.76 Å². The van der Waals surface area contributed by atoms with Crippen molar-refractivity contribution in [3.63, 3.8) is 0 Å². The van der Waals surface area contributed by atoms with Crippen molar-refractivity contribution in [1.82, 2.24) is 20.3 Å². The van der Waals surface area contributed by atoms with Gasteiger partial charge in [0.15, 0.2) is 5.58 Å². The quantitative estimate of drug-likeness (QED) is 0.403. The van der Waals surface area contributed by atoms with Gasteiger partial charge < -0.3 is 20.4 Å². The number of rotatable bonds is 4. The number of anilines is 4. The van der Waals surface area contributed by atoms with E-state index in [1.54, 1.807) is 30.5 Å². The lowest BCUT2D eigenvalue weighted by Crippen LogP contribution is -2.22. The SMILES string of the molecule is Cc1cnc(Nc2ccc3c(c2)C=CCNC3=O)nc1Nc1ccc2oc(=O)[nH]c2c1. The predicted molar refractivity (Wildman–Crippen MR) is 118 cm³/mol. The molecule has 4 N–H and O–H groups in total. The number of aryl methyl sites for hydroxylation is 1. The van der Waals surface area contributed by atoms with Gasteiger partial charge in [0, 0.05) is 35.2 Å². The van der Waals surface area contributed by atoms with Crippen molar-refractivity contribution in [1.29, 1.82) is 0 Å². The third-order valence-electron chi connectivity index (χ3n) is 4.88. The van der Waals surface area contributed by atoms with Gasteiger partial charge in [0.2, 0.25) is 5.95 Å². The molecule has 0 atom stereocenters. The third-order valence-corrected chi connectivity index (χ3v) is 4.88. The largest absolute Gasteiger partial charge is 0.417 e. The van der Waals surface area contributed by atoms with E-state index in [1.807, 2.05) is 31.2 Å². The molecule has 5 rings (SSSR count). The van der Waals surface area contributed by atoms with E-state index in [4.69, 9.17) is 4.42 Å². The lowest BCUT2D eigenvalue weighted by atomic mass is 10.1. The molecule has 2 aromatic heterocycles. The topological polar surface area (TPSA) is 125 Å². The molecular weight excluding hydrogens is 396 g/mol. The van der Waals surface area contributed by atoms with Crippen LogP contribution in [-0.2, 0) is 0 Å². The number of hydrogen-bond donors (Lipinski definition) is 4. The molecule has 0 aliphatic carbocycles. The zero-order chi connectivity index (χ0) is 21.4. The van der Waals surface area contributed by atoms with Crippen molar-refractivity contribution in [2.24, 2.45) is 0 Å². The van der Waals surface area contributed by atoms with Crippen LogP contribution >= 0.6 is 0 Å². The summed E-state index contributed by atoms with van der Waals surface area (Å²) < 4.78 is 5.03. The van der Waals surface area contributed by atoms with E-state index in [9.17, 15) is 9.59 Å². The normalized spacial score (nSPS) is 12.9. The second kappa shape index (κ2) is 7.45. The first-order chi connectivity index (χ1) is 15.0. The average Bonchev–Trinajstić information content (AvgIpc) is 3.02. The number of aromatic amines is 1. The summed E-state index contributed by atoms with van der Waals surface area (Å²) >= 11 is 0. The van der Waals surface area contributed by atoms with Crippen molar-refractivity contribution in [3.8, 4) is 0 Å². The summed E-state index contributed by atoms with van der Waals surface area (Å²) in [6.45, 7) is 2.40. The summed E-state index contributed by atoms with van der Waals surface area (Å²) in [4.78, 5) is 35.0. The first-order valence-electron chi connectivity index (χ1n) is 9.64. The van der Waals surface area contributed by atoms with Gasteiger partial charge in [0.05, 0.1) is 5.52 Å². The van der Waals surface area contributed by atoms with Gasteiger partial charge in [-0.25, -0.2) is 9.78 Å². The molecule has 154 valence electrons. The molecule has 2 aromatic carbocycles. The number of carbonyl (C=O) groups is 1. The van der Waals surface area contributed by atoms with Crippen LogP contribution in [0.15, 0.2) is 57.9 Å². The van der Waals surface area contributed by atoms with Gasteiger partial charge in [-0.1, -0.05) is 12.2 Å². The van der Waals surface area contributed by atoms with Crippen molar-refractivity contribution < 1.29 is 9.21 Å². The number of hydrogen-bond acceptors (Lipinski definition) is 7. The fourth-order valence-electron chi connectivity index (χ4n) is 3.34. The predicted octanol–water partition coefficient (Wildman–Crippen LogP) is 3.46. The second-order valence-corrected chi connectivity index (χ2v) is 7.12. The van der Waals surface area contributed by atoms with Crippen LogP contribution in [0.1, 0.15) is 21.5 Å². The minimum atomic E-state index is -0.495. The van der Waals surface area contributed by atoms with Crippen molar-refractivity contribution >= 4 is 46.2 Å². The van der Waals surface area contributed by atoms with Crippen molar-refractivity contribution in [2.75, 3.05) is 17.2 Å². The Morgan fingerprint density at radius 1 is 1.06 bits per heavy atom. The van der Waals surface area contributed by atoms with Crippen LogP contribution in [0.4, 0.5) is 23.1 Å². The van der Waals surface area contributed by atoms with E-state index in [-0.39, 0.29) is 5.91 Å². The number of aromatic nitrogens is 3. The Morgan fingerprint density at radius 3 is 2.81 bits per heavy atom. The van der Waals surface area contributed by atoms with Crippen LogP contribution in [0.25, 0.3) is 17.2 Å². The summed E-state index contributed by atoms with van der Waals surface area (Å²) in [6.07, 6.45) is 5.53. The van der Waals surface area contributed by atoms with Gasteiger partial charge in [0.25, 0.3) is 5.91 Å². The Balaban J connectivity index is 1.41. The second-order valence-electron chi connectivity index (χ2n) is 7.12. The number of oxazole rings is 1. The molecule has 31 heavy (non-hydrogen) atoms. The maximum Gasteiger partial charge on any atom is 0.417 e. The zero-order valence-corrected chi connectivity index (χ0v) is 16.5. The molecule has 0 spiro atoms. The molecule has 0 bridgehead atoms. The summed E-state index contributed by atoms with van der Waals surface area (Å²) in [5.74, 6) is 0.440. The first-order valence-corrected chi connectivity index (χ1v) is 9.64. The molecule has 1 aliphatic heterocycles. The Morgan fingerprint density at radius 2 is 1.90 bits per heavy atom. The zero-order valence-electron chi connectivity index (χ0n) is 16.5. The Kier molecular flexibility index (Phi) is 4.47. The monoisotopic (exact) mass is 414 g/mol. The van der Waals surface area contributed by atoms with E-state index in [0.29, 0.717) is 35.0 Å². The highest BCUT2D eigenvalue weighted by molar-refractivity contribution is 5.99. The smallest absolute Gasteiger partial charge is 0.408 e. The summed E-state index contributed by atoms with van der Waals surface area (Å²) in [5, 5.41) is 9.24. The molecule has 3 heterocycles. The fourth-order valence-corrected chi connectivity index (χ4v) is 3.34. The van der Waals surface area contributed by atoms with Crippen LogP contribution in [0.3, 0.4) is 0 Å². The molecule has 9 nitrogen and oxygen atoms in total. The number of H-pyrrole nitrogens is 1. The van der Waals surface area contributed by atoms with Gasteiger partial charge in [-0.05, 0) is 48.9 Å². The number of fused-ring (bicyclic) bond motifs is 2. The van der Waals surface area contributed by atoms with Gasteiger partial charge in [-0.15, -0.1) is 0 Å². The standard InChI is InChI=1S/C22H18N6O3/c1-12-11-24-21(26-14-4-6-16-13(9-14)3-2-8-23-20(16)29)28-19(12)25-15-5-7-18-17(10-15)27-22(30)31-18/h2-7,9-11H,8H2,1H3,(H,23,29)(H,27,30)(H2,24,25,26,28). The molecule has 4 aromatic rings. The highest BCUT2D eigenvalue weighted by Gasteiger charge is 2.13. The highest BCUT2D eigenvalue weighted by Crippen LogP contribution is 2.25. The lowest BCUT2D eigenvalue weighted by Gasteiger charge is -2.12. The minimum Gasteiger partial charge on any atom is -0.408 e. The lowest BCUT2D eigenvalue weighted by molar-refractivity contribution is 0.0958. The molecule has 1 aliphatic rings. The summed E-state index contributed by atoms with van der Waals surface area (Å²) in [6, 6.07) is 10.8. The van der Waals surface area contributed by atoms with Gasteiger partial charge in [-0.3, -0.25) is 9.78 Å². The molecule has 0 saturated heterocycles. The van der Waals surface area contributed by atoms with Crippen LogP contribution in [-0.4, -0.2) is 27.4 Å².